The number of rotatable bonds is 3. The summed E-state index contributed by atoms with van der Waals surface area (Å²) in [6, 6.07) is 2.02. The monoisotopic (exact) mass is 203 g/mol. The molecule has 0 spiro atoms. The topological polar surface area (TPSA) is 33.0 Å². The van der Waals surface area contributed by atoms with Gasteiger partial charge in [-0.25, -0.2) is 0 Å². The van der Waals surface area contributed by atoms with Crippen LogP contribution in [0.4, 0.5) is 0 Å². The van der Waals surface area contributed by atoms with Crippen molar-refractivity contribution < 1.29 is 4.43 Å². The molecule has 0 rings (SSSR count). The van der Waals surface area contributed by atoms with Crippen LogP contribution >= 0.6 is 11.6 Å². The maximum absolute atomic E-state index is 8.71. The van der Waals surface area contributed by atoms with Crippen LogP contribution in [0.1, 0.15) is 6.92 Å². The van der Waals surface area contributed by atoms with Gasteiger partial charge in [-0.3, -0.25) is 0 Å². The first kappa shape index (κ1) is 11.7. The lowest BCUT2D eigenvalue weighted by atomic mass is 10.3. The third kappa shape index (κ3) is 4.55. The molecular formula is C8H14ClNOSi. The minimum Gasteiger partial charge on any atom is -0.398 e. The van der Waals surface area contributed by atoms with E-state index in [1.165, 1.54) is 0 Å². The van der Waals surface area contributed by atoms with Crippen molar-refractivity contribution in [3.05, 3.63) is 11.1 Å². The molecule has 4 heteroatoms. The molecule has 0 fully saturated rings. The number of nitriles is 1. The molecule has 0 aliphatic rings. The maximum atomic E-state index is 8.71. The summed E-state index contributed by atoms with van der Waals surface area (Å²) in [6.07, 6.45) is 1.11. The molecule has 12 heavy (non-hydrogen) atoms. The Labute approximate surface area is 79.9 Å². The molecule has 0 aliphatic carbocycles. The lowest BCUT2D eigenvalue weighted by Gasteiger charge is -2.20. The maximum Gasteiger partial charge on any atom is 0.186 e. The summed E-state index contributed by atoms with van der Waals surface area (Å²) in [5.74, 6) is 0. The molecule has 0 aromatic heterocycles. The van der Waals surface area contributed by atoms with Crippen molar-refractivity contribution in [3.63, 3.8) is 0 Å². The zero-order valence-electron chi connectivity index (χ0n) is 7.89. The van der Waals surface area contributed by atoms with Crippen LogP contribution in [-0.4, -0.2) is 14.4 Å². The van der Waals surface area contributed by atoms with E-state index in [0.29, 0.717) is 5.03 Å². The molecule has 0 amide bonds. The summed E-state index contributed by atoms with van der Waals surface area (Å²) < 4.78 is 5.52. The highest BCUT2D eigenvalue weighted by Gasteiger charge is 2.22. The molecule has 2 nitrogen and oxygen atoms in total. The van der Waals surface area contributed by atoms with Gasteiger partial charge in [-0.05, 0) is 26.6 Å². The van der Waals surface area contributed by atoms with Gasteiger partial charge in [-0.2, -0.15) is 5.26 Å². The average Bonchev–Trinajstić information content (AvgIpc) is 1.97. The highest BCUT2D eigenvalue weighted by molar-refractivity contribution is 6.69. The molecular weight excluding hydrogens is 190 g/mol. The van der Waals surface area contributed by atoms with E-state index < -0.39 is 14.4 Å². The summed E-state index contributed by atoms with van der Waals surface area (Å²) in [6.45, 7) is 7.87. The first-order valence-electron chi connectivity index (χ1n) is 3.80. The average molecular weight is 204 g/mol. The molecule has 0 N–H and O–H groups in total. The Morgan fingerprint density at radius 2 is 2.08 bits per heavy atom. The van der Waals surface area contributed by atoms with Crippen molar-refractivity contribution in [3.8, 4) is 6.07 Å². The summed E-state index contributed by atoms with van der Waals surface area (Å²) in [4.78, 5) is 0. The van der Waals surface area contributed by atoms with Gasteiger partial charge in [0, 0.05) is 0 Å². The second-order valence-corrected chi connectivity index (χ2v) is 8.31. The van der Waals surface area contributed by atoms with Crippen molar-refractivity contribution in [2.45, 2.75) is 32.7 Å². The molecule has 0 aromatic carbocycles. The van der Waals surface area contributed by atoms with E-state index in [1.54, 1.807) is 13.0 Å². The van der Waals surface area contributed by atoms with Crippen molar-refractivity contribution in [1.29, 1.82) is 5.26 Å². The van der Waals surface area contributed by atoms with Crippen LogP contribution in [0.15, 0.2) is 11.1 Å². The van der Waals surface area contributed by atoms with Crippen LogP contribution in [0.3, 0.4) is 0 Å². The van der Waals surface area contributed by atoms with Gasteiger partial charge in [0.2, 0.25) is 0 Å². The number of halogens is 1. The predicted octanol–water partition coefficient (Wildman–Crippen LogP) is 2.87. The zero-order chi connectivity index (χ0) is 9.78. The van der Waals surface area contributed by atoms with Crippen LogP contribution in [-0.2, 0) is 4.43 Å². The van der Waals surface area contributed by atoms with Crippen molar-refractivity contribution in [2.75, 3.05) is 0 Å². The number of allylic oxidation sites excluding steroid dienone is 1. The quantitative estimate of drug-likeness (QED) is 0.661. The van der Waals surface area contributed by atoms with Crippen LogP contribution in [0.25, 0.3) is 0 Å². The second-order valence-electron chi connectivity index (χ2n) is 3.41. The second kappa shape index (κ2) is 4.66. The van der Waals surface area contributed by atoms with E-state index in [1.807, 2.05) is 25.7 Å². The molecule has 0 radical (unpaired) electrons. The molecule has 1 atom stereocenters. The number of hydrogen-bond acceptors (Lipinski definition) is 2. The van der Waals surface area contributed by atoms with Gasteiger partial charge < -0.3 is 4.43 Å². The van der Waals surface area contributed by atoms with Gasteiger partial charge in [-0.1, -0.05) is 17.7 Å². The van der Waals surface area contributed by atoms with Gasteiger partial charge in [0.25, 0.3) is 0 Å². The van der Waals surface area contributed by atoms with E-state index in [9.17, 15) is 0 Å². The predicted molar refractivity (Wildman–Crippen MR) is 53.4 cm³/mol. The Bertz CT molecular complexity index is 214. The standard InChI is InChI=1S/C8H14ClNOSi/c1-5-7(9)8(6-10)11-12(2,3)4/h5,8H,1-4H3/b7-5-. The smallest absolute Gasteiger partial charge is 0.186 e. The minimum atomic E-state index is -1.67. The van der Waals surface area contributed by atoms with Gasteiger partial charge in [0.15, 0.2) is 14.4 Å². The summed E-state index contributed by atoms with van der Waals surface area (Å²) in [5.41, 5.74) is 0. The SMILES string of the molecule is C/C=C(\Cl)C(C#N)O[Si](C)(C)C. The van der Waals surface area contributed by atoms with E-state index >= 15 is 0 Å². The lowest BCUT2D eigenvalue weighted by Crippen LogP contribution is -2.31. The zero-order valence-corrected chi connectivity index (χ0v) is 9.64. The van der Waals surface area contributed by atoms with Gasteiger partial charge in [-0.15, -0.1) is 0 Å². The molecule has 0 saturated carbocycles. The minimum absolute atomic E-state index is 0.472. The molecule has 0 bridgehead atoms. The normalized spacial score (nSPS) is 15.5. The molecule has 0 saturated heterocycles. The molecule has 0 heterocycles. The summed E-state index contributed by atoms with van der Waals surface area (Å²) in [7, 11) is -1.67. The Morgan fingerprint density at radius 3 is 2.33 bits per heavy atom. The van der Waals surface area contributed by atoms with E-state index in [2.05, 4.69) is 0 Å². The van der Waals surface area contributed by atoms with E-state index in [-0.39, 0.29) is 0 Å². The highest BCUT2D eigenvalue weighted by atomic mass is 35.5. The Morgan fingerprint density at radius 1 is 1.58 bits per heavy atom. The fourth-order valence-corrected chi connectivity index (χ4v) is 1.70. The van der Waals surface area contributed by atoms with Crippen LogP contribution < -0.4 is 0 Å². The Hall–Kier alpha value is -0.303. The third-order valence-electron chi connectivity index (χ3n) is 1.11. The molecule has 1 unspecified atom stereocenters. The molecule has 68 valence electrons. The van der Waals surface area contributed by atoms with Crippen molar-refractivity contribution in [1.82, 2.24) is 0 Å². The fourth-order valence-electron chi connectivity index (χ4n) is 0.649. The first-order chi connectivity index (χ1) is 5.40. The highest BCUT2D eigenvalue weighted by Crippen LogP contribution is 2.16. The van der Waals surface area contributed by atoms with E-state index in [4.69, 9.17) is 21.3 Å². The first-order valence-corrected chi connectivity index (χ1v) is 7.58. The van der Waals surface area contributed by atoms with Crippen molar-refractivity contribution >= 4 is 19.9 Å². The van der Waals surface area contributed by atoms with Crippen LogP contribution in [0.2, 0.25) is 19.6 Å². The van der Waals surface area contributed by atoms with E-state index in [0.717, 1.165) is 0 Å². The number of nitrogens with zero attached hydrogens (tertiary/aromatic N) is 1. The molecule has 0 aromatic rings. The van der Waals surface area contributed by atoms with Crippen LogP contribution in [0, 0.1) is 11.3 Å². The lowest BCUT2D eigenvalue weighted by molar-refractivity contribution is 0.291. The summed E-state index contributed by atoms with van der Waals surface area (Å²) in [5, 5.41) is 9.18. The molecule has 0 aliphatic heterocycles. The van der Waals surface area contributed by atoms with Gasteiger partial charge in [0.05, 0.1) is 11.1 Å². The Balaban J connectivity index is 4.32. The third-order valence-corrected chi connectivity index (χ3v) is 2.47. The van der Waals surface area contributed by atoms with Gasteiger partial charge >= 0.3 is 0 Å². The van der Waals surface area contributed by atoms with Gasteiger partial charge in [0.1, 0.15) is 0 Å². The largest absolute Gasteiger partial charge is 0.398 e. The fraction of sp³-hybridized carbons (Fsp3) is 0.625. The van der Waals surface area contributed by atoms with Crippen LogP contribution in [0.5, 0.6) is 0 Å². The van der Waals surface area contributed by atoms with Crippen molar-refractivity contribution in [2.24, 2.45) is 0 Å². The summed E-state index contributed by atoms with van der Waals surface area (Å²) >= 11 is 5.77. The Kier molecular flexibility index (Phi) is 4.54. The number of hydrogen-bond donors (Lipinski definition) is 0.